The molecule has 2 aliphatic heterocycles. The lowest BCUT2D eigenvalue weighted by molar-refractivity contribution is -0.129. The Morgan fingerprint density at radius 1 is 1.18 bits per heavy atom. The maximum atomic E-state index is 12.5. The molecule has 0 spiro atoms. The average Bonchev–Trinajstić information content (AvgIpc) is 3.14. The van der Waals surface area contributed by atoms with Crippen molar-refractivity contribution in [1.29, 1.82) is 0 Å². The predicted octanol–water partition coefficient (Wildman–Crippen LogP) is 2.57. The van der Waals surface area contributed by atoms with Crippen LogP contribution in [0.25, 0.3) is 0 Å². The third-order valence-electron chi connectivity index (χ3n) is 5.19. The average molecular weight is 475 g/mol. The fraction of sp³-hybridized carbons (Fsp3) is 0.522. The Balaban J connectivity index is 1.52. The van der Waals surface area contributed by atoms with Crippen molar-refractivity contribution in [2.24, 2.45) is 4.99 Å². The summed E-state index contributed by atoms with van der Waals surface area (Å²) in [7, 11) is 0. The van der Waals surface area contributed by atoms with Gasteiger partial charge in [-0.25, -0.2) is 4.79 Å². The molecule has 0 aromatic heterocycles. The molecule has 1 fully saturated rings. The van der Waals surface area contributed by atoms with E-state index in [4.69, 9.17) is 4.74 Å². The molecule has 1 aromatic rings. The van der Waals surface area contributed by atoms with E-state index in [1.165, 1.54) is 31.2 Å². The zero-order valence-corrected chi connectivity index (χ0v) is 19.9. The van der Waals surface area contributed by atoms with Gasteiger partial charge in [0.15, 0.2) is 11.3 Å². The zero-order chi connectivity index (χ0) is 24.0. The number of thioether (sulfide) groups is 1. The molecule has 2 heterocycles. The van der Waals surface area contributed by atoms with Crippen molar-refractivity contribution in [1.82, 2.24) is 10.2 Å². The van der Waals surface area contributed by atoms with Gasteiger partial charge in [0.2, 0.25) is 5.91 Å². The molecular weight excluding hydrogens is 444 g/mol. The van der Waals surface area contributed by atoms with Crippen LogP contribution in [0.5, 0.6) is 0 Å². The van der Waals surface area contributed by atoms with Crippen molar-refractivity contribution >= 4 is 46.3 Å². The second kappa shape index (κ2) is 11.3. The van der Waals surface area contributed by atoms with Gasteiger partial charge in [-0.3, -0.25) is 14.4 Å². The van der Waals surface area contributed by atoms with Crippen molar-refractivity contribution in [3.05, 3.63) is 29.8 Å². The normalized spacial score (nSPS) is 19.2. The lowest BCUT2D eigenvalue weighted by Crippen LogP contribution is -2.39. The lowest BCUT2D eigenvalue weighted by atomic mass is 10.1. The summed E-state index contributed by atoms with van der Waals surface area (Å²) in [6.07, 6.45) is 2.39. The first-order valence-corrected chi connectivity index (χ1v) is 12.1. The summed E-state index contributed by atoms with van der Waals surface area (Å²) in [5.74, 6) is -1.68. The van der Waals surface area contributed by atoms with Gasteiger partial charge in [0, 0.05) is 31.2 Å². The molecule has 2 unspecified atom stereocenters. The summed E-state index contributed by atoms with van der Waals surface area (Å²) in [6.45, 7) is 6.91. The number of amidine groups is 1. The number of ether oxygens (including phenoxy) is 1. The molecule has 33 heavy (non-hydrogen) atoms. The second-order valence-electron chi connectivity index (χ2n) is 8.43. The first-order valence-electron chi connectivity index (χ1n) is 11.2. The van der Waals surface area contributed by atoms with Crippen LogP contribution < -0.4 is 10.6 Å². The Labute approximate surface area is 197 Å². The summed E-state index contributed by atoms with van der Waals surface area (Å²) in [5, 5.41) is 5.57. The number of aliphatic imine (C=N–C) groups is 1. The van der Waals surface area contributed by atoms with E-state index >= 15 is 0 Å². The molecule has 3 rings (SSSR count). The fourth-order valence-electron chi connectivity index (χ4n) is 3.52. The topological polar surface area (TPSA) is 117 Å². The van der Waals surface area contributed by atoms with Crippen LogP contribution in [0.3, 0.4) is 0 Å². The molecule has 2 aliphatic rings. The SMILES string of the molecule is CC(C)NC(=O)C(C)OC(=O)c1cccc(NC(=O)CC2SC(N3CCCCC3)=NC2=O)c1. The molecule has 3 amide bonds. The van der Waals surface area contributed by atoms with Crippen LogP contribution >= 0.6 is 11.8 Å². The summed E-state index contributed by atoms with van der Waals surface area (Å²) in [5.41, 5.74) is 0.611. The van der Waals surface area contributed by atoms with Crippen LogP contribution in [0.15, 0.2) is 29.3 Å². The lowest BCUT2D eigenvalue weighted by Gasteiger charge is -2.27. The Morgan fingerprint density at radius 2 is 1.91 bits per heavy atom. The highest BCUT2D eigenvalue weighted by molar-refractivity contribution is 8.15. The monoisotopic (exact) mass is 474 g/mol. The van der Waals surface area contributed by atoms with E-state index in [0.29, 0.717) is 10.9 Å². The van der Waals surface area contributed by atoms with Crippen LogP contribution in [0.4, 0.5) is 5.69 Å². The Morgan fingerprint density at radius 3 is 2.61 bits per heavy atom. The Bertz CT molecular complexity index is 943. The van der Waals surface area contributed by atoms with Crippen LogP contribution in [-0.4, -0.2) is 64.2 Å². The van der Waals surface area contributed by atoms with Crippen LogP contribution in [0.1, 0.15) is 56.8 Å². The molecule has 0 bridgehead atoms. The Kier molecular flexibility index (Phi) is 8.49. The highest BCUT2D eigenvalue weighted by Crippen LogP contribution is 2.29. The smallest absolute Gasteiger partial charge is 0.338 e. The molecule has 1 aromatic carbocycles. The fourth-order valence-corrected chi connectivity index (χ4v) is 4.64. The minimum atomic E-state index is -0.947. The van der Waals surface area contributed by atoms with E-state index in [2.05, 4.69) is 20.5 Å². The van der Waals surface area contributed by atoms with E-state index < -0.39 is 17.3 Å². The predicted molar refractivity (Wildman–Crippen MR) is 127 cm³/mol. The van der Waals surface area contributed by atoms with E-state index in [1.807, 2.05) is 13.8 Å². The van der Waals surface area contributed by atoms with Crippen molar-refractivity contribution in [3.63, 3.8) is 0 Å². The largest absolute Gasteiger partial charge is 0.449 e. The maximum Gasteiger partial charge on any atom is 0.338 e. The molecule has 0 radical (unpaired) electrons. The summed E-state index contributed by atoms with van der Waals surface area (Å²) >= 11 is 1.34. The number of anilines is 1. The quantitative estimate of drug-likeness (QED) is 0.583. The van der Waals surface area contributed by atoms with Gasteiger partial charge in [-0.2, -0.15) is 4.99 Å². The van der Waals surface area contributed by atoms with Crippen molar-refractivity contribution < 1.29 is 23.9 Å². The first-order chi connectivity index (χ1) is 15.7. The molecule has 2 atom stereocenters. The van der Waals surface area contributed by atoms with Gasteiger partial charge in [-0.1, -0.05) is 17.8 Å². The van der Waals surface area contributed by atoms with Crippen molar-refractivity contribution in [2.45, 2.75) is 63.9 Å². The van der Waals surface area contributed by atoms with Crippen molar-refractivity contribution in [3.8, 4) is 0 Å². The first kappa shape index (κ1) is 24.8. The number of esters is 1. The number of carbonyl (C=O) groups is 4. The van der Waals surface area contributed by atoms with E-state index in [9.17, 15) is 19.2 Å². The second-order valence-corrected chi connectivity index (χ2v) is 9.60. The van der Waals surface area contributed by atoms with Gasteiger partial charge < -0.3 is 20.3 Å². The van der Waals surface area contributed by atoms with Gasteiger partial charge in [0.1, 0.15) is 5.25 Å². The number of nitrogens with one attached hydrogen (secondary N) is 2. The van der Waals surface area contributed by atoms with Gasteiger partial charge >= 0.3 is 5.97 Å². The number of piperidine rings is 1. The van der Waals surface area contributed by atoms with Crippen LogP contribution in [-0.2, 0) is 19.1 Å². The molecule has 9 nitrogen and oxygen atoms in total. The highest BCUT2D eigenvalue weighted by atomic mass is 32.2. The van der Waals surface area contributed by atoms with E-state index in [1.54, 1.807) is 18.2 Å². The number of likely N-dealkylation sites (tertiary alicyclic amines) is 1. The van der Waals surface area contributed by atoms with Crippen molar-refractivity contribution in [2.75, 3.05) is 18.4 Å². The van der Waals surface area contributed by atoms with E-state index in [0.717, 1.165) is 25.9 Å². The number of hydrogen-bond donors (Lipinski definition) is 2. The van der Waals surface area contributed by atoms with Gasteiger partial charge in [-0.05, 0) is 58.2 Å². The van der Waals surface area contributed by atoms with E-state index in [-0.39, 0.29) is 35.7 Å². The highest BCUT2D eigenvalue weighted by Gasteiger charge is 2.33. The molecule has 178 valence electrons. The van der Waals surface area contributed by atoms with Gasteiger partial charge in [-0.15, -0.1) is 0 Å². The number of benzene rings is 1. The minimum Gasteiger partial charge on any atom is -0.449 e. The van der Waals surface area contributed by atoms with Crippen LogP contribution in [0.2, 0.25) is 0 Å². The molecule has 1 saturated heterocycles. The van der Waals surface area contributed by atoms with Gasteiger partial charge in [0.05, 0.1) is 5.56 Å². The summed E-state index contributed by atoms with van der Waals surface area (Å²) in [4.78, 5) is 55.4. The third kappa shape index (κ3) is 7.05. The third-order valence-corrected chi connectivity index (χ3v) is 6.41. The molecule has 10 heteroatoms. The number of amides is 3. The zero-order valence-electron chi connectivity index (χ0n) is 19.1. The summed E-state index contributed by atoms with van der Waals surface area (Å²) < 4.78 is 5.22. The Hall–Kier alpha value is -2.88. The molecule has 0 saturated carbocycles. The molecule has 0 aliphatic carbocycles. The number of nitrogens with zero attached hydrogens (tertiary/aromatic N) is 2. The van der Waals surface area contributed by atoms with Crippen LogP contribution in [0, 0.1) is 0 Å². The number of hydrogen-bond acceptors (Lipinski definition) is 7. The minimum absolute atomic E-state index is 0.00851. The number of rotatable bonds is 7. The van der Waals surface area contributed by atoms with Gasteiger partial charge in [0.25, 0.3) is 11.8 Å². The summed E-state index contributed by atoms with van der Waals surface area (Å²) in [6, 6.07) is 6.21. The standard InChI is InChI=1S/C23H30N4O5S/c1-14(2)24-20(29)15(3)32-22(31)16-8-7-9-17(12-16)25-19(28)13-18-21(30)26-23(33-18)27-10-5-4-6-11-27/h7-9,12,14-15,18H,4-6,10-11,13H2,1-3H3,(H,24,29)(H,25,28). The molecule has 2 N–H and O–H groups in total. The molecular formula is C23H30N4O5S. The number of carbonyl (C=O) groups excluding carboxylic acids is 4. The maximum absolute atomic E-state index is 12.5.